The van der Waals surface area contributed by atoms with Crippen molar-refractivity contribution in [2.75, 3.05) is 43.9 Å². The number of thiazole rings is 1. The average Bonchev–Trinajstić information content (AvgIpc) is 2.76. The number of amides is 1. The molecule has 0 atom stereocenters. The van der Waals surface area contributed by atoms with Crippen LogP contribution in [-0.4, -0.2) is 48.6 Å². The molecule has 0 radical (unpaired) electrons. The van der Waals surface area contributed by atoms with Gasteiger partial charge in [0.05, 0.1) is 19.4 Å². The lowest BCUT2D eigenvalue weighted by molar-refractivity contribution is -0.134. The van der Waals surface area contributed by atoms with Crippen molar-refractivity contribution in [1.82, 2.24) is 9.88 Å². The number of carbonyl (C=O) groups excluding carboxylic acids is 1. The van der Waals surface area contributed by atoms with Gasteiger partial charge in [-0.3, -0.25) is 4.79 Å². The summed E-state index contributed by atoms with van der Waals surface area (Å²) in [6.45, 7) is 3.26. The van der Waals surface area contributed by atoms with Crippen molar-refractivity contribution < 1.29 is 9.53 Å². The van der Waals surface area contributed by atoms with E-state index in [1.165, 1.54) is 11.3 Å². The Morgan fingerprint density at radius 1 is 1.59 bits per heavy atom. The van der Waals surface area contributed by atoms with Gasteiger partial charge in [-0.05, 0) is 0 Å². The van der Waals surface area contributed by atoms with Gasteiger partial charge >= 0.3 is 0 Å². The highest BCUT2D eigenvalue weighted by Gasteiger charge is 2.16. The van der Waals surface area contributed by atoms with Gasteiger partial charge in [-0.2, -0.15) is 0 Å². The molecule has 0 aliphatic carbocycles. The summed E-state index contributed by atoms with van der Waals surface area (Å²) < 4.78 is 5.19. The molecule has 2 heterocycles. The van der Waals surface area contributed by atoms with Crippen molar-refractivity contribution in [3.8, 4) is 0 Å². The average molecular weight is 256 g/mol. The third-order valence-electron chi connectivity index (χ3n) is 2.50. The van der Waals surface area contributed by atoms with Crippen LogP contribution in [0.2, 0.25) is 0 Å². The summed E-state index contributed by atoms with van der Waals surface area (Å²) in [6, 6.07) is 0. The Kier molecular flexibility index (Phi) is 4.16. The van der Waals surface area contributed by atoms with E-state index in [9.17, 15) is 4.79 Å². The minimum Gasteiger partial charge on any atom is -0.389 e. The van der Waals surface area contributed by atoms with E-state index in [0.29, 0.717) is 44.3 Å². The van der Waals surface area contributed by atoms with E-state index in [-0.39, 0.29) is 5.91 Å². The number of morpholine rings is 1. The van der Waals surface area contributed by atoms with Crippen LogP contribution < -0.4 is 11.1 Å². The number of nitrogens with zero attached hydrogens (tertiary/aromatic N) is 2. The van der Waals surface area contributed by atoms with Crippen molar-refractivity contribution >= 4 is 27.4 Å². The molecule has 17 heavy (non-hydrogen) atoms. The first-order valence-corrected chi connectivity index (χ1v) is 6.38. The van der Waals surface area contributed by atoms with Crippen molar-refractivity contribution in [3.05, 3.63) is 6.20 Å². The van der Waals surface area contributed by atoms with E-state index in [4.69, 9.17) is 10.5 Å². The van der Waals surface area contributed by atoms with Crippen LogP contribution in [0.3, 0.4) is 0 Å². The smallest absolute Gasteiger partial charge is 0.224 e. The van der Waals surface area contributed by atoms with Crippen LogP contribution in [0.4, 0.5) is 10.1 Å². The van der Waals surface area contributed by atoms with Crippen LogP contribution in [-0.2, 0) is 9.53 Å². The predicted octanol–water partition coefficient (Wildman–Crippen LogP) is 0.386. The zero-order valence-corrected chi connectivity index (χ0v) is 10.3. The molecule has 0 aromatic carbocycles. The summed E-state index contributed by atoms with van der Waals surface area (Å²) in [5.41, 5.74) is 5.55. The summed E-state index contributed by atoms with van der Waals surface area (Å²) in [4.78, 5) is 17.7. The molecule has 3 N–H and O–H groups in total. The fourth-order valence-electron chi connectivity index (χ4n) is 1.62. The topological polar surface area (TPSA) is 80.5 Å². The van der Waals surface area contributed by atoms with Crippen LogP contribution in [0.25, 0.3) is 0 Å². The van der Waals surface area contributed by atoms with Crippen LogP contribution in [0.5, 0.6) is 0 Å². The molecule has 1 aromatic heterocycles. The van der Waals surface area contributed by atoms with Crippen molar-refractivity contribution in [2.45, 2.75) is 6.42 Å². The largest absolute Gasteiger partial charge is 0.389 e. The quantitative estimate of drug-likeness (QED) is 0.814. The van der Waals surface area contributed by atoms with Crippen LogP contribution in [0.1, 0.15) is 6.42 Å². The van der Waals surface area contributed by atoms with E-state index < -0.39 is 0 Å². The van der Waals surface area contributed by atoms with Crippen LogP contribution in [0, 0.1) is 0 Å². The maximum atomic E-state index is 11.8. The number of hydrogen-bond donors (Lipinski definition) is 2. The minimum absolute atomic E-state index is 0.158. The summed E-state index contributed by atoms with van der Waals surface area (Å²) in [6.07, 6.45) is 2.08. The lowest BCUT2D eigenvalue weighted by Gasteiger charge is -2.26. The van der Waals surface area contributed by atoms with Gasteiger partial charge in [0.1, 0.15) is 5.00 Å². The second-order valence-electron chi connectivity index (χ2n) is 3.74. The molecule has 0 saturated carbocycles. The van der Waals surface area contributed by atoms with Gasteiger partial charge in [-0.1, -0.05) is 11.3 Å². The number of aromatic nitrogens is 1. The van der Waals surface area contributed by atoms with Gasteiger partial charge in [0.25, 0.3) is 0 Å². The highest BCUT2D eigenvalue weighted by atomic mass is 32.1. The number of hydrogen-bond acceptors (Lipinski definition) is 6. The Hall–Kier alpha value is -1.34. The second kappa shape index (κ2) is 5.83. The standard InChI is InChI=1S/C10H16N4O2S/c11-8-7-13-10(17-8)12-2-1-9(15)14-3-5-16-6-4-14/h7H,1-6,11H2,(H,12,13). The van der Waals surface area contributed by atoms with Gasteiger partial charge in [0.15, 0.2) is 5.13 Å². The second-order valence-corrected chi connectivity index (χ2v) is 4.80. The molecule has 7 heteroatoms. The fraction of sp³-hybridized carbons (Fsp3) is 0.600. The molecule has 1 fully saturated rings. The Morgan fingerprint density at radius 3 is 3.00 bits per heavy atom. The summed E-state index contributed by atoms with van der Waals surface area (Å²) in [5.74, 6) is 0.158. The number of nitrogens with two attached hydrogens (primary N) is 1. The molecular formula is C10H16N4O2S. The van der Waals surface area contributed by atoms with E-state index in [1.807, 2.05) is 4.90 Å². The molecule has 1 aliphatic heterocycles. The molecule has 1 aromatic rings. The first-order chi connectivity index (χ1) is 8.25. The van der Waals surface area contributed by atoms with Crippen LogP contribution in [0.15, 0.2) is 6.20 Å². The zero-order chi connectivity index (χ0) is 12.1. The number of nitrogens with one attached hydrogen (secondary N) is 1. The molecule has 6 nitrogen and oxygen atoms in total. The van der Waals surface area contributed by atoms with E-state index in [2.05, 4.69) is 10.3 Å². The summed E-state index contributed by atoms with van der Waals surface area (Å²) >= 11 is 1.39. The first-order valence-electron chi connectivity index (χ1n) is 5.56. The maximum absolute atomic E-state index is 11.8. The monoisotopic (exact) mass is 256 g/mol. The SMILES string of the molecule is Nc1cnc(NCCC(=O)N2CCOCC2)s1. The molecule has 1 amide bonds. The Balaban J connectivity index is 1.69. The first kappa shape index (κ1) is 12.1. The molecule has 0 spiro atoms. The van der Waals surface area contributed by atoms with Crippen molar-refractivity contribution in [1.29, 1.82) is 0 Å². The molecule has 1 aliphatic rings. The number of anilines is 2. The molecule has 0 unspecified atom stereocenters. The number of ether oxygens (including phenoxy) is 1. The summed E-state index contributed by atoms with van der Waals surface area (Å²) in [5, 5.41) is 4.52. The third-order valence-corrected chi connectivity index (χ3v) is 3.29. The lowest BCUT2D eigenvalue weighted by Crippen LogP contribution is -2.41. The van der Waals surface area contributed by atoms with Gasteiger partial charge in [-0.15, -0.1) is 0 Å². The number of rotatable bonds is 4. The number of nitrogen functional groups attached to an aromatic ring is 1. The normalized spacial score (nSPS) is 15.9. The van der Waals surface area contributed by atoms with E-state index >= 15 is 0 Å². The van der Waals surface area contributed by atoms with E-state index in [1.54, 1.807) is 6.20 Å². The van der Waals surface area contributed by atoms with Gasteiger partial charge in [-0.25, -0.2) is 4.98 Å². The summed E-state index contributed by atoms with van der Waals surface area (Å²) in [7, 11) is 0. The van der Waals surface area contributed by atoms with Gasteiger partial charge in [0.2, 0.25) is 5.91 Å². The molecular weight excluding hydrogens is 240 g/mol. The fourth-order valence-corrected chi connectivity index (χ4v) is 2.22. The van der Waals surface area contributed by atoms with Crippen molar-refractivity contribution in [2.24, 2.45) is 0 Å². The predicted molar refractivity (Wildman–Crippen MR) is 67.0 cm³/mol. The Bertz CT molecular complexity index is 376. The highest BCUT2D eigenvalue weighted by Crippen LogP contribution is 2.19. The van der Waals surface area contributed by atoms with Gasteiger partial charge in [0, 0.05) is 26.1 Å². The zero-order valence-electron chi connectivity index (χ0n) is 9.52. The molecule has 2 rings (SSSR count). The molecule has 0 bridgehead atoms. The van der Waals surface area contributed by atoms with Crippen LogP contribution >= 0.6 is 11.3 Å². The molecule has 1 saturated heterocycles. The number of carbonyl (C=O) groups is 1. The van der Waals surface area contributed by atoms with Crippen molar-refractivity contribution in [3.63, 3.8) is 0 Å². The maximum Gasteiger partial charge on any atom is 0.224 e. The van der Waals surface area contributed by atoms with E-state index in [0.717, 1.165) is 5.13 Å². The third kappa shape index (κ3) is 3.57. The lowest BCUT2D eigenvalue weighted by atomic mass is 10.3. The molecule has 94 valence electrons. The Labute approximate surface area is 104 Å². The van der Waals surface area contributed by atoms with Gasteiger partial charge < -0.3 is 20.7 Å². The Morgan fingerprint density at radius 2 is 2.35 bits per heavy atom. The minimum atomic E-state index is 0.158. The highest BCUT2D eigenvalue weighted by molar-refractivity contribution is 7.19.